The predicted molar refractivity (Wildman–Crippen MR) is 108 cm³/mol. The van der Waals surface area contributed by atoms with E-state index in [1.54, 1.807) is 0 Å². The molecule has 6 nitrogen and oxygen atoms in total. The number of aliphatic hydroxyl groups is 1. The van der Waals surface area contributed by atoms with E-state index in [2.05, 4.69) is 10.2 Å². The van der Waals surface area contributed by atoms with Gasteiger partial charge in [0.25, 0.3) is 0 Å². The smallest absolute Gasteiger partial charge is 0.416 e. The molecule has 0 spiro atoms. The highest BCUT2D eigenvalue weighted by Crippen LogP contribution is 2.43. The minimum atomic E-state index is -4.50. The van der Waals surface area contributed by atoms with Crippen molar-refractivity contribution in [3.05, 3.63) is 45.6 Å². The minimum Gasteiger partial charge on any atom is -0.481 e. The van der Waals surface area contributed by atoms with E-state index in [1.165, 1.54) is 12.1 Å². The van der Waals surface area contributed by atoms with E-state index in [1.807, 2.05) is 4.90 Å². The Kier molecular flexibility index (Phi) is 5.91. The summed E-state index contributed by atoms with van der Waals surface area (Å²) in [6.45, 7) is 0.513. The SMILES string of the molecule is O=C(O)C1CCN(c2n[nH]c3c2C(Cc2c(Cl)cccc2C(F)(F)F)CCC3)CC1O. The number of β-amino-alcohol motifs (C(OH)–C–C–N with tert-alkyl or cyclic N) is 1. The van der Waals surface area contributed by atoms with Crippen LogP contribution in [-0.2, 0) is 23.8 Å². The second-order valence-electron chi connectivity index (χ2n) is 8.24. The minimum absolute atomic E-state index is 0.0753. The molecule has 2 aliphatic rings. The first-order chi connectivity index (χ1) is 14.7. The molecule has 10 heteroatoms. The summed E-state index contributed by atoms with van der Waals surface area (Å²) in [6.07, 6.45) is -2.90. The molecule has 1 aliphatic heterocycles. The molecule has 2 heterocycles. The van der Waals surface area contributed by atoms with Gasteiger partial charge < -0.3 is 15.1 Å². The molecule has 0 saturated carbocycles. The van der Waals surface area contributed by atoms with Crippen LogP contribution in [0.4, 0.5) is 19.0 Å². The fourth-order valence-electron chi connectivity index (χ4n) is 4.80. The summed E-state index contributed by atoms with van der Waals surface area (Å²) in [4.78, 5) is 13.1. The van der Waals surface area contributed by atoms with Gasteiger partial charge in [0.15, 0.2) is 5.82 Å². The average Bonchev–Trinajstić information content (AvgIpc) is 3.13. The largest absolute Gasteiger partial charge is 0.481 e. The Morgan fingerprint density at radius 3 is 2.77 bits per heavy atom. The number of aromatic nitrogens is 2. The number of anilines is 1. The number of carboxylic acid groups (broad SMARTS) is 1. The van der Waals surface area contributed by atoms with Crippen molar-refractivity contribution >= 4 is 23.4 Å². The van der Waals surface area contributed by atoms with Gasteiger partial charge in [-0.15, -0.1) is 0 Å². The van der Waals surface area contributed by atoms with Gasteiger partial charge >= 0.3 is 12.1 Å². The van der Waals surface area contributed by atoms with Crippen molar-refractivity contribution in [2.75, 3.05) is 18.0 Å². The van der Waals surface area contributed by atoms with Crippen LogP contribution in [0.2, 0.25) is 5.02 Å². The number of aliphatic carboxylic acids is 1. The molecule has 1 aromatic heterocycles. The third-order valence-corrected chi connectivity index (χ3v) is 6.68. The number of aliphatic hydroxyl groups excluding tert-OH is 1. The maximum Gasteiger partial charge on any atom is 0.416 e. The van der Waals surface area contributed by atoms with Crippen LogP contribution < -0.4 is 4.90 Å². The number of hydrogen-bond acceptors (Lipinski definition) is 4. The van der Waals surface area contributed by atoms with E-state index in [-0.39, 0.29) is 35.9 Å². The molecule has 0 bridgehead atoms. The monoisotopic (exact) mass is 457 g/mol. The first-order valence-corrected chi connectivity index (χ1v) is 10.6. The van der Waals surface area contributed by atoms with Crippen LogP contribution in [0.1, 0.15) is 47.6 Å². The van der Waals surface area contributed by atoms with Crippen LogP contribution >= 0.6 is 11.6 Å². The zero-order valence-electron chi connectivity index (χ0n) is 16.6. The zero-order valence-corrected chi connectivity index (χ0v) is 17.4. The van der Waals surface area contributed by atoms with Crippen LogP contribution in [0.25, 0.3) is 0 Å². The number of nitrogens with zero attached hydrogens (tertiary/aromatic N) is 2. The summed E-state index contributed by atoms with van der Waals surface area (Å²) < 4.78 is 40.7. The van der Waals surface area contributed by atoms with Crippen molar-refractivity contribution in [1.82, 2.24) is 10.2 Å². The molecule has 3 N–H and O–H groups in total. The molecule has 168 valence electrons. The first kappa shape index (κ1) is 22.0. The van der Waals surface area contributed by atoms with Gasteiger partial charge in [-0.2, -0.15) is 18.3 Å². The lowest BCUT2D eigenvalue weighted by atomic mass is 9.81. The van der Waals surface area contributed by atoms with Crippen LogP contribution in [0.5, 0.6) is 0 Å². The number of nitrogens with one attached hydrogen (secondary N) is 1. The Labute approximate surface area is 182 Å². The van der Waals surface area contributed by atoms with Crippen molar-refractivity contribution in [1.29, 1.82) is 0 Å². The van der Waals surface area contributed by atoms with Gasteiger partial charge in [0, 0.05) is 29.4 Å². The Bertz CT molecular complexity index is 979. The number of H-pyrrole nitrogens is 1. The Balaban J connectivity index is 1.65. The summed E-state index contributed by atoms with van der Waals surface area (Å²) in [6, 6.07) is 3.83. The molecule has 4 rings (SSSR count). The molecular formula is C21H23ClF3N3O3. The van der Waals surface area contributed by atoms with Gasteiger partial charge in [-0.1, -0.05) is 17.7 Å². The quantitative estimate of drug-likeness (QED) is 0.645. The number of alkyl halides is 3. The number of halogens is 4. The van der Waals surface area contributed by atoms with Crippen molar-refractivity contribution in [3.8, 4) is 0 Å². The summed E-state index contributed by atoms with van der Waals surface area (Å²) in [5.41, 5.74) is 1.07. The lowest BCUT2D eigenvalue weighted by molar-refractivity contribution is -0.146. The first-order valence-electron chi connectivity index (χ1n) is 10.2. The third-order valence-electron chi connectivity index (χ3n) is 6.32. The second-order valence-corrected chi connectivity index (χ2v) is 8.65. The number of aryl methyl sites for hydroxylation is 1. The van der Waals surface area contributed by atoms with Crippen LogP contribution in [0.15, 0.2) is 18.2 Å². The lowest BCUT2D eigenvalue weighted by Gasteiger charge is -2.36. The predicted octanol–water partition coefficient (Wildman–Crippen LogP) is 4.02. The summed E-state index contributed by atoms with van der Waals surface area (Å²) in [5.74, 6) is -1.50. The van der Waals surface area contributed by atoms with Gasteiger partial charge in [-0.05, 0) is 55.7 Å². The van der Waals surface area contributed by atoms with Gasteiger partial charge in [-0.3, -0.25) is 9.89 Å². The average molecular weight is 458 g/mol. The lowest BCUT2D eigenvalue weighted by Crippen LogP contribution is -2.47. The van der Waals surface area contributed by atoms with E-state index in [4.69, 9.17) is 11.6 Å². The van der Waals surface area contributed by atoms with Gasteiger partial charge in [0.1, 0.15) is 0 Å². The van der Waals surface area contributed by atoms with E-state index < -0.39 is 29.7 Å². The van der Waals surface area contributed by atoms with Gasteiger partial charge in [0.2, 0.25) is 0 Å². The molecule has 1 fully saturated rings. The number of benzene rings is 1. The van der Waals surface area contributed by atoms with Crippen molar-refractivity contribution in [2.24, 2.45) is 5.92 Å². The molecule has 3 unspecified atom stereocenters. The molecule has 1 aliphatic carbocycles. The molecular weight excluding hydrogens is 435 g/mol. The number of aromatic amines is 1. The molecule has 0 radical (unpaired) electrons. The standard InChI is InChI=1S/C21H23ClF3N3O3/c22-15-5-2-4-14(21(23,24)25)13(15)9-11-3-1-6-16-18(11)19(27-26-16)28-8-7-12(20(30)31)17(29)10-28/h2,4-5,11-12,17,29H,1,3,6-10H2,(H,26,27)(H,30,31). The van der Waals surface area contributed by atoms with Crippen LogP contribution in [-0.4, -0.2) is 45.6 Å². The molecule has 3 atom stereocenters. The van der Waals surface area contributed by atoms with Crippen LogP contribution in [0.3, 0.4) is 0 Å². The molecule has 0 amide bonds. The maximum atomic E-state index is 13.6. The molecule has 31 heavy (non-hydrogen) atoms. The number of carboxylic acids is 1. The fraction of sp³-hybridized carbons (Fsp3) is 0.524. The van der Waals surface area contributed by atoms with Gasteiger partial charge in [0.05, 0.1) is 17.6 Å². The van der Waals surface area contributed by atoms with Crippen molar-refractivity contribution < 1.29 is 28.2 Å². The highest BCUT2D eigenvalue weighted by Gasteiger charge is 2.38. The van der Waals surface area contributed by atoms with Gasteiger partial charge in [-0.25, -0.2) is 0 Å². The maximum absolute atomic E-state index is 13.6. The summed E-state index contributed by atoms with van der Waals surface area (Å²) in [5, 5.41) is 27.0. The van der Waals surface area contributed by atoms with Crippen molar-refractivity contribution in [2.45, 2.75) is 50.3 Å². The molecule has 2 aromatic rings. The third kappa shape index (κ3) is 4.25. The number of rotatable bonds is 4. The topological polar surface area (TPSA) is 89.5 Å². The number of piperidine rings is 1. The highest BCUT2D eigenvalue weighted by atomic mass is 35.5. The molecule has 1 saturated heterocycles. The Hall–Kier alpha value is -2.26. The number of hydrogen-bond donors (Lipinski definition) is 3. The number of carbonyl (C=O) groups is 1. The van der Waals surface area contributed by atoms with Crippen molar-refractivity contribution in [3.63, 3.8) is 0 Å². The Morgan fingerprint density at radius 1 is 1.32 bits per heavy atom. The highest BCUT2D eigenvalue weighted by molar-refractivity contribution is 6.31. The number of fused-ring (bicyclic) bond motifs is 1. The zero-order chi connectivity index (χ0) is 22.3. The second kappa shape index (κ2) is 8.35. The fourth-order valence-corrected chi connectivity index (χ4v) is 5.05. The van der Waals surface area contributed by atoms with E-state index >= 15 is 0 Å². The molecule has 1 aromatic carbocycles. The Morgan fingerprint density at radius 2 is 2.10 bits per heavy atom. The van der Waals surface area contributed by atoms with Crippen LogP contribution in [0, 0.1) is 5.92 Å². The van der Waals surface area contributed by atoms with E-state index in [9.17, 15) is 28.2 Å². The van der Waals surface area contributed by atoms with E-state index in [0.717, 1.165) is 30.2 Å². The normalized spacial score (nSPS) is 24.2. The summed E-state index contributed by atoms with van der Waals surface area (Å²) >= 11 is 6.19. The van der Waals surface area contributed by atoms with E-state index in [0.29, 0.717) is 18.8 Å². The summed E-state index contributed by atoms with van der Waals surface area (Å²) in [7, 11) is 0.